The Morgan fingerprint density at radius 2 is 1.91 bits per heavy atom. The van der Waals surface area contributed by atoms with Crippen molar-refractivity contribution in [3.8, 4) is 5.75 Å². The number of aryl methyl sites for hydroxylation is 1. The van der Waals surface area contributed by atoms with Gasteiger partial charge in [0.15, 0.2) is 10.7 Å². The van der Waals surface area contributed by atoms with E-state index in [0.717, 1.165) is 16.9 Å². The highest BCUT2D eigenvalue weighted by atomic mass is 32.1. The van der Waals surface area contributed by atoms with Crippen LogP contribution in [0.2, 0.25) is 0 Å². The van der Waals surface area contributed by atoms with Gasteiger partial charge in [-0.25, -0.2) is 9.67 Å². The zero-order valence-electron chi connectivity index (χ0n) is 17.3. The molecule has 0 saturated carbocycles. The van der Waals surface area contributed by atoms with E-state index in [1.54, 1.807) is 43.1 Å². The fourth-order valence-electron chi connectivity index (χ4n) is 3.75. The number of hydrogen-bond acceptors (Lipinski definition) is 5. The molecule has 5 aromatic rings. The maximum absolute atomic E-state index is 15.0. The largest absolute Gasteiger partial charge is 0.497 e. The minimum absolute atomic E-state index is 0.123. The summed E-state index contributed by atoms with van der Waals surface area (Å²) in [5.41, 5.74) is 1.15. The number of rotatable bonds is 5. The average Bonchev–Trinajstić information content (AvgIpc) is 3.36. The van der Waals surface area contributed by atoms with Gasteiger partial charge in [-0.05, 0) is 17.7 Å². The van der Waals surface area contributed by atoms with Crippen LogP contribution in [0.25, 0.3) is 21.3 Å². The predicted molar refractivity (Wildman–Crippen MR) is 120 cm³/mol. The highest BCUT2D eigenvalue weighted by Crippen LogP contribution is 2.41. The van der Waals surface area contributed by atoms with Gasteiger partial charge in [0.25, 0.3) is 5.56 Å². The van der Waals surface area contributed by atoms with Crippen molar-refractivity contribution in [3.63, 3.8) is 0 Å². The van der Waals surface area contributed by atoms with Crippen molar-refractivity contribution >= 4 is 32.6 Å². The van der Waals surface area contributed by atoms with Gasteiger partial charge in [0, 0.05) is 18.0 Å². The zero-order valence-corrected chi connectivity index (χ0v) is 18.1. The van der Waals surface area contributed by atoms with E-state index >= 15 is 8.78 Å². The van der Waals surface area contributed by atoms with Crippen LogP contribution in [0.15, 0.2) is 65.6 Å². The van der Waals surface area contributed by atoms with Crippen LogP contribution in [0.5, 0.6) is 5.75 Å². The average molecular weight is 452 g/mol. The number of halogens is 2. The van der Waals surface area contributed by atoms with E-state index in [1.165, 1.54) is 16.8 Å². The van der Waals surface area contributed by atoms with Gasteiger partial charge in [0.2, 0.25) is 0 Å². The van der Waals surface area contributed by atoms with E-state index in [-0.39, 0.29) is 22.7 Å². The van der Waals surface area contributed by atoms with E-state index < -0.39 is 5.92 Å². The molecule has 9 heteroatoms. The predicted octanol–water partition coefficient (Wildman–Crippen LogP) is 4.54. The first-order valence-electron chi connectivity index (χ1n) is 9.82. The van der Waals surface area contributed by atoms with E-state index in [1.807, 2.05) is 24.3 Å². The SMILES string of the molecule is COc1cccc(Cn2ncc3c4sc(C(F)(F)c5ccccc5)nc4n(C)c3c2=O)c1. The van der Waals surface area contributed by atoms with Crippen LogP contribution in [0.1, 0.15) is 16.1 Å². The summed E-state index contributed by atoms with van der Waals surface area (Å²) in [7, 11) is 3.24. The molecule has 3 aromatic heterocycles. The van der Waals surface area contributed by atoms with Crippen LogP contribution in [0.3, 0.4) is 0 Å². The Kier molecular flexibility index (Phi) is 4.78. The molecule has 162 valence electrons. The molecule has 5 rings (SSSR count). The van der Waals surface area contributed by atoms with Crippen LogP contribution in [0, 0.1) is 0 Å². The number of hydrogen-bond donors (Lipinski definition) is 0. The molecule has 0 unspecified atom stereocenters. The number of benzene rings is 2. The lowest BCUT2D eigenvalue weighted by Gasteiger charge is -2.13. The van der Waals surface area contributed by atoms with E-state index in [2.05, 4.69) is 10.1 Å². The van der Waals surface area contributed by atoms with Gasteiger partial charge in [0.05, 0.1) is 24.6 Å². The Balaban J connectivity index is 1.60. The zero-order chi connectivity index (χ0) is 22.5. The van der Waals surface area contributed by atoms with Gasteiger partial charge in [-0.15, -0.1) is 11.3 Å². The standard InChI is InChI=1S/C23H18F2N4O2S/c1-28-18-17(12-26-29(21(18)30)13-14-7-6-10-16(11-14)31-2)19-20(28)27-22(32-19)23(24,25)15-8-4-3-5-9-15/h3-12H,13H2,1-2H3. The second-order valence-corrected chi connectivity index (χ2v) is 8.39. The van der Waals surface area contributed by atoms with E-state index in [4.69, 9.17) is 4.74 Å². The molecule has 0 aliphatic rings. The number of methoxy groups -OCH3 is 1. The Morgan fingerprint density at radius 1 is 1.12 bits per heavy atom. The number of ether oxygens (including phenoxy) is 1. The Labute approximate surface area is 185 Å². The molecule has 3 heterocycles. The molecule has 0 spiro atoms. The third-order valence-electron chi connectivity index (χ3n) is 5.40. The topological polar surface area (TPSA) is 61.9 Å². The van der Waals surface area contributed by atoms with Crippen molar-refractivity contribution < 1.29 is 13.5 Å². The monoisotopic (exact) mass is 452 g/mol. The van der Waals surface area contributed by atoms with Gasteiger partial charge in [0.1, 0.15) is 11.3 Å². The molecule has 0 radical (unpaired) electrons. The number of nitrogens with zero attached hydrogens (tertiary/aromatic N) is 4. The maximum atomic E-state index is 15.0. The molecule has 32 heavy (non-hydrogen) atoms. The summed E-state index contributed by atoms with van der Waals surface area (Å²) in [5.74, 6) is -2.54. The minimum Gasteiger partial charge on any atom is -0.497 e. The van der Waals surface area contributed by atoms with Crippen molar-refractivity contribution in [1.29, 1.82) is 0 Å². The van der Waals surface area contributed by atoms with Crippen LogP contribution in [-0.4, -0.2) is 26.4 Å². The quantitative estimate of drug-likeness (QED) is 0.393. The third-order valence-corrected chi connectivity index (χ3v) is 6.54. The minimum atomic E-state index is -3.23. The Bertz CT molecular complexity index is 1510. The Hall–Kier alpha value is -3.59. The van der Waals surface area contributed by atoms with Gasteiger partial charge >= 0.3 is 5.92 Å². The van der Waals surface area contributed by atoms with Crippen molar-refractivity contribution in [2.75, 3.05) is 7.11 Å². The second-order valence-electron chi connectivity index (χ2n) is 7.39. The number of fused-ring (bicyclic) bond motifs is 3. The molecule has 0 aliphatic carbocycles. The highest BCUT2D eigenvalue weighted by molar-refractivity contribution is 7.19. The summed E-state index contributed by atoms with van der Waals surface area (Å²) in [5, 5.41) is 4.49. The first-order valence-corrected chi connectivity index (χ1v) is 10.6. The fraction of sp³-hybridized carbons (Fsp3) is 0.174. The van der Waals surface area contributed by atoms with E-state index in [0.29, 0.717) is 27.0 Å². The fourth-order valence-corrected chi connectivity index (χ4v) is 4.86. The van der Waals surface area contributed by atoms with Gasteiger partial charge < -0.3 is 9.30 Å². The molecule has 0 N–H and O–H groups in total. The van der Waals surface area contributed by atoms with Gasteiger partial charge in [-0.3, -0.25) is 4.79 Å². The molecule has 0 aliphatic heterocycles. The van der Waals surface area contributed by atoms with Crippen molar-refractivity contribution in [1.82, 2.24) is 19.3 Å². The van der Waals surface area contributed by atoms with Crippen LogP contribution in [-0.2, 0) is 19.5 Å². The normalized spacial score (nSPS) is 12.0. The molecule has 0 atom stereocenters. The lowest BCUT2D eigenvalue weighted by molar-refractivity contribution is 0.0427. The summed E-state index contributed by atoms with van der Waals surface area (Å²) in [6.07, 6.45) is 1.54. The lowest BCUT2D eigenvalue weighted by atomic mass is 10.1. The lowest BCUT2D eigenvalue weighted by Crippen LogP contribution is -2.24. The van der Waals surface area contributed by atoms with Gasteiger partial charge in [-0.2, -0.15) is 13.9 Å². The highest BCUT2D eigenvalue weighted by Gasteiger charge is 2.38. The second kappa shape index (κ2) is 7.52. The molecule has 6 nitrogen and oxygen atoms in total. The summed E-state index contributed by atoms with van der Waals surface area (Å²) >= 11 is 0.886. The first-order chi connectivity index (χ1) is 15.4. The van der Waals surface area contributed by atoms with Crippen molar-refractivity contribution in [3.05, 3.63) is 87.3 Å². The third kappa shape index (κ3) is 3.16. The first kappa shape index (κ1) is 20.3. The van der Waals surface area contributed by atoms with Crippen LogP contribution < -0.4 is 10.3 Å². The number of alkyl halides is 2. The molecule has 0 saturated heterocycles. The Morgan fingerprint density at radius 3 is 2.66 bits per heavy atom. The number of aromatic nitrogens is 4. The van der Waals surface area contributed by atoms with Crippen molar-refractivity contribution in [2.24, 2.45) is 7.05 Å². The summed E-state index contributed by atoms with van der Waals surface area (Å²) < 4.78 is 38.7. The van der Waals surface area contributed by atoms with Crippen LogP contribution >= 0.6 is 11.3 Å². The molecular weight excluding hydrogens is 434 g/mol. The summed E-state index contributed by atoms with van der Waals surface area (Å²) in [4.78, 5) is 17.4. The molecule has 0 fully saturated rings. The molecule has 0 bridgehead atoms. The molecule has 2 aromatic carbocycles. The van der Waals surface area contributed by atoms with E-state index in [9.17, 15) is 4.79 Å². The van der Waals surface area contributed by atoms with Gasteiger partial charge in [-0.1, -0.05) is 42.5 Å². The summed E-state index contributed by atoms with van der Waals surface area (Å²) in [6, 6.07) is 15.0. The molecule has 0 amide bonds. The molecular formula is C23H18F2N4O2S. The van der Waals surface area contributed by atoms with Crippen molar-refractivity contribution in [2.45, 2.75) is 12.5 Å². The summed E-state index contributed by atoms with van der Waals surface area (Å²) in [6.45, 7) is 0.259. The van der Waals surface area contributed by atoms with Crippen LogP contribution in [0.4, 0.5) is 8.78 Å². The number of thiazole rings is 1. The maximum Gasteiger partial charge on any atom is 0.324 e. The smallest absolute Gasteiger partial charge is 0.324 e.